The molecule has 0 saturated carbocycles. The van der Waals surface area contributed by atoms with E-state index >= 15 is 0 Å². The van der Waals surface area contributed by atoms with Crippen molar-refractivity contribution in [2.24, 2.45) is 5.14 Å². The molecule has 0 aliphatic carbocycles. The molecular weight excluding hydrogens is 278 g/mol. The van der Waals surface area contributed by atoms with Crippen molar-refractivity contribution >= 4 is 20.2 Å². The van der Waals surface area contributed by atoms with E-state index in [0.717, 1.165) is 12.8 Å². The number of nitrogens with zero attached hydrogens (tertiary/aromatic N) is 2. The molecule has 2 fully saturated rings. The molecule has 7 nitrogen and oxygen atoms in total. The zero-order valence-corrected chi connectivity index (χ0v) is 11.8. The van der Waals surface area contributed by atoms with Crippen LogP contribution in [0.3, 0.4) is 0 Å². The summed E-state index contributed by atoms with van der Waals surface area (Å²) in [5.41, 5.74) is 0. The van der Waals surface area contributed by atoms with E-state index in [1.165, 1.54) is 8.61 Å². The molecule has 2 heterocycles. The normalized spacial score (nSPS) is 28.6. The lowest BCUT2D eigenvalue weighted by Gasteiger charge is -2.33. The van der Waals surface area contributed by atoms with Gasteiger partial charge in [-0.3, -0.25) is 0 Å². The van der Waals surface area contributed by atoms with E-state index in [-0.39, 0.29) is 6.54 Å². The van der Waals surface area contributed by atoms with Crippen LogP contribution in [0.15, 0.2) is 0 Å². The van der Waals surface area contributed by atoms with Gasteiger partial charge in [0.25, 0.3) is 10.2 Å². The Labute approximate surface area is 108 Å². The molecule has 2 saturated heterocycles. The molecule has 2 aliphatic heterocycles. The SMILES string of the molecule is NS(=O)(=O)C1CCCN(S(=O)(=O)N2CCCC2)C1. The third-order valence-corrected chi connectivity index (χ3v) is 6.84. The Morgan fingerprint density at radius 2 is 1.44 bits per heavy atom. The van der Waals surface area contributed by atoms with Gasteiger partial charge in [-0.2, -0.15) is 17.0 Å². The van der Waals surface area contributed by atoms with Gasteiger partial charge in [0.1, 0.15) is 0 Å². The van der Waals surface area contributed by atoms with Crippen molar-refractivity contribution < 1.29 is 16.8 Å². The van der Waals surface area contributed by atoms with Gasteiger partial charge in [0.15, 0.2) is 0 Å². The van der Waals surface area contributed by atoms with Gasteiger partial charge in [-0.25, -0.2) is 13.6 Å². The summed E-state index contributed by atoms with van der Waals surface area (Å²) < 4.78 is 49.9. The fraction of sp³-hybridized carbons (Fsp3) is 1.00. The van der Waals surface area contributed by atoms with Gasteiger partial charge in [0.2, 0.25) is 10.0 Å². The predicted octanol–water partition coefficient (Wildman–Crippen LogP) is -0.920. The van der Waals surface area contributed by atoms with Crippen LogP contribution in [0.4, 0.5) is 0 Å². The smallest absolute Gasteiger partial charge is 0.228 e. The minimum absolute atomic E-state index is 0.0162. The van der Waals surface area contributed by atoms with Crippen LogP contribution in [-0.2, 0) is 20.2 Å². The molecule has 2 rings (SSSR count). The first kappa shape index (κ1) is 14.2. The summed E-state index contributed by atoms with van der Waals surface area (Å²) in [6.45, 7) is 1.42. The molecule has 1 atom stereocenters. The molecule has 2 N–H and O–H groups in total. The molecule has 0 amide bonds. The number of hydrogen-bond acceptors (Lipinski definition) is 4. The number of hydrogen-bond donors (Lipinski definition) is 1. The van der Waals surface area contributed by atoms with Crippen LogP contribution < -0.4 is 5.14 Å². The summed E-state index contributed by atoms with van der Waals surface area (Å²) in [5, 5.41) is 4.33. The topological polar surface area (TPSA) is 101 Å². The van der Waals surface area contributed by atoms with Crippen LogP contribution >= 0.6 is 0 Å². The van der Waals surface area contributed by atoms with Crippen LogP contribution in [0.1, 0.15) is 25.7 Å². The lowest BCUT2D eigenvalue weighted by molar-refractivity contribution is 0.316. The second kappa shape index (κ2) is 5.04. The Bertz CT molecular complexity index is 496. The monoisotopic (exact) mass is 297 g/mol. The van der Waals surface area contributed by atoms with Gasteiger partial charge in [0, 0.05) is 26.2 Å². The Balaban J connectivity index is 2.13. The van der Waals surface area contributed by atoms with E-state index in [9.17, 15) is 16.8 Å². The maximum atomic E-state index is 12.3. The van der Waals surface area contributed by atoms with E-state index in [0.29, 0.717) is 32.5 Å². The first-order valence-corrected chi connectivity index (χ1v) is 9.09. The minimum atomic E-state index is -3.67. The van der Waals surface area contributed by atoms with Crippen molar-refractivity contribution in [1.29, 1.82) is 0 Å². The maximum absolute atomic E-state index is 12.3. The lowest BCUT2D eigenvalue weighted by Crippen LogP contribution is -2.51. The average molecular weight is 297 g/mol. The Morgan fingerprint density at radius 3 is 2.00 bits per heavy atom. The second-order valence-corrected chi connectivity index (χ2v) is 8.60. The first-order valence-electron chi connectivity index (χ1n) is 6.08. The number of rotatable bonds is 3. The minimum Gasteiger partial charge on any atom is -0.228 e. The van der Waals surface area contributed by atoms with Crippen molar-refractivity contribution in [3.05, 3.63) is 0 Å². The van der Waals surface area contributed by atoms with Gasteiger partial charge in [0.05, 0.1) is 5.25 Å². The van der Waals surface area contributed by atoms with Gasteiger partial charge < -0.3 is 0 Å². The van der Waals surface area contributed by atoms with Gasteiger partial charge in [-0.05, 0) is 25.7 Å². The fourth-order valence-electron chi connectivity index (χ4n) is 2.46. The van der Waals surface area contributed by atoms with E-state index in [1.54, 1.807) is 0 Å². The Morgan fingerprint density at radius 1 is 0.889 bits per heavy atom. The highest BCUT2D eigenvalue weighted by Crippen LogP contribution is 2.22. The molecular formula is C9H19N3O4S2. The fourth-order valence-corrected chi connectivity index (χ4v) is 5.22. The van der Waals surface area contributed by atoms with Gasteiger partial charge >= 0.3 is 0 Å². The summed E-state index contributed by atoms with van der Waals surface area (Å²) in [7, 11) is -7.18. The van der Waals surface area contributed by atoms with Crippen molar-refractivity contribution in [3.63, 3.8) is 0 Å². The van der Waals surface area contributed by atoms with Crippen LogP contribution in [0.25, 0.3) is 0 Å². The Kier molecular flexibility index (Phi) is 3.98. The third-order valence-electron chi connectivity index (χ3n) is 3.52. The van der Waals surface area contributed by atoms with Gasteiger partial charge in [-0.15, -0.1) is 0 Å². The quantitative estimate of drug-likeness (QED) is 0.728. The number of nitrogens with two attached hydrogens (primary N) is 1. The zero-order valence-electron chi connectivity index (χ0n) is 10.2. The van der Waals surface area contributed by atoms with Crippen LogP contribution in [0.5, 0.6) is 0 Å². The maximum Gasteiger partial charge on any atom is 0.282 e. The van der Waals surface area contributed by atoms with Crippen molar-refractivity contribution in [2.75, 3.05) is 26.2 Å². The highest BCUT2D eigenvalue weighted by Gasteiger charge is 2.37. The summed E-state index contributed by atoms with van der Waals surface area (Å²) in [5.74, 6) is 0. The summed E-state index contributed by atoms with van der Waals surface area (Å²) in [6.07, 6.45) is 2.70. The Hall–Kier alpha value is -0.220. The summed E-state index contributed by atoms with van der Waals surface area (Å²) >= 11 is 0. The largest absolute Gasteiger partial charge is 0.282 e. The summed E-state index contributed by atoms with van der Waals surface area (Å²) in [4.78, 5) is 0. The molecule has 0 aromatic heterocycles. The molecule has 0 aromatic rings. The molecule has 0 radical (unpaired) electrons. The number of piperidine rings is 1. The van der Waals surface area contributed by atoms with Crippen molar-refractivity contribution in [3.8, 4) is 0 Å². The van der Waals surface area contributed by atoms with E-state index < -0.39 is 25.5 Å². The van der Waals surface area contributed by atoms with E-state index in [1.807, 2.05) is 0 Å². The molecule has 0 aromatic carbocycles. The van der Waals surface area contributed by atoms with Crippen LogP contribution in [0, 0.1) is 0 Å². The predicted molar refractivity (Wildman–Crippen MR) is 67.4 cm³/mol. The third kappa shape index (κ3) is 2.85. The first-order chi connectivity index (χ1) is 8.32. The zero-order chi connectivity index (χ0) is 13.4. The molecule has 0 bridgehead atoms. The van der Waals surface area contributed by atoms with Crippen LogP contribution in [-0.4, -0.2) is 56.9 Å². The highest BCUT2D eigenvalue weighted by molar-refractivity contribution is 7.90. The highest BCUT2D eigenvalue weighted by atomic mass is 32.2. The molecule has 9 heteroatoms. The molecule has 18 heavy (non-hydrogen) atoms. The van der Waals surface area contributed by atoms with Crippen LogP contribution in [0.2, 0.25) is 0 Å². The molecule has 1 unspecified atom stereocenters. The standard InChI is InChI=1S/C9H19N3O4S2/c10-17(13,14)9-4-3-7-12(8-9)18(15,16)11-5-1-2-6-11/h9H,1-8H2,(H2,10,13,14). The summed E-state index contributed by atoms with van der Waals surface area (Å²) in [6, 6.07) is 0. The lowest BCUT2D eigenvalue weighted by atomic mass is 10.2. The second-order valence-electron chi connectivity index (χ2n) is 4.83. The average Bonchev–Trinajstić information content (AvgIpc) is 2.82. The number of primary sulfonamides is 1. The van der Waals surface area contributed by atoms with Crippen molar-refractivity contribution in [2.45, 2.75) is 30.9 Å². The molecule has 2 aliphatic rings. The molecule has 106 valence electrons. The van der Waals surface area contributed by atoms with Crippen molar-refractivity contribution in [1.82, 2.24) is 8.61 Å². The molecule has 0 spiro atoms. The van der Waals surface area contributed by atoms with E-state index in [2.05, 4.69) is 0 Å². The number of sulfonamides is 1. The van der Waals surface area contributed by atoms with E-state index in [4.69, 9.17) is 5.14 Å². The van der Waals surface area contributed by atoms with Gasteiger partial charge in [-0.1, -0.05) is 0 Å².